The van der Waals surface area contributed by atoms with E-state index in [0.717, 1.165) is 5.56 Å². The number of pyridine rings is 1. The van der Waals surface area contributed by atoms with Crippen molar-refractivity contribution in [2.45, 2.75) is 26.2 Å². The minimum Gasteiger partial charge on any atom is -0.465 e. The van der Waals surface area contributed by atoms with E-state index in [1.54, 1.807) is 18.5 Å². The monoisotopic (exact) mass is 414 g/mol. The molecule has 6 nitrogen and oxygen atoms in total. The van der Waals surface area contributed by atoms with Crippen LogP contribution in [0.5, 0.6) is 0 Å². The molecule has 0 bridgehead atoms. The second kappa shape index (κ2) is 8.13. The number of rotatable bonds is 4. The normalized spacial score (nSPS) is 11.2. The van der Waals surface area contributed by atoms with Crippen molar-refractivity contribution < 1.29 is 13.9 Å². The molecule has 0 aliphatic rings. The van der Waals surface area contributed by atoms with Crippen LogP contribution in [0, 0.1) is 5.82 Å². The Labute approximate surface area is 173 Å². The van der Waals surface area contributed by atoms with Gasteiger partial charge < -0.3 is 10.1 Å². The lowest BCUT2D eigenvalue weighted by Crippen LogP contribution is -2.17. The van der Waals surface area contributed by atoms with Gasteiger partial charge in [-0.25, -0.2) is 19.2 Å². The van der Waals surface area contributed by atoms with E-state index in [9.17, 15) is 9.18 Å². The lowest BCUT2D eigenvalue weighted by molar-refractivity contribution is 0.0601. The molecule has 0 atom stereocenters. The maximum Gasteiger partial charge on any atom is 0.341 e. The molecule has 1 N–H and O–H groups in total. The van der Waals surface area contributed by atoms with Crippen molar-refractivity contribution in [1.82, 2.24) is 15.0 Å². The Bertz CT molecular complexity index is 1070. The summed E-state index contributed by atoms with van der Waals surface area (Å²) in [5.41, 5.74) is 1.38. The largest absolute Gasteiger partial charge is 0.465 e. The van der Waals surface area contributed by atoms with Crippen molar-refractivity contribution in [1.29, 1.82) is 0 Å². The highest BCUT2D eigenvalue weighted by Gasteiger charge is 2.23. The molecule has 2 aromatic heterocycles. The molecule has 1 aromatic carbocycles. The molecular weight excluding hydrogens is 395 g/mol. The first-order valence-electron chi connectivity index (χ1n) is 8.83. The van der Waals surface area contributed by atoms with Gasteiger partial charge in [-0.1, -0.05) is 32.4 Å². The van der Waals surface area contributed by atoms with Gasteiger partial charge in [0.1, 0.15) is 17.2 Å². The highest BCUT2D eigenvalue weighted by Crippen LogP contribution is 2.33. The lowest BCUT2D eigenvalue weighted by atomic mass is 9.88. The summed E-state index contributed by atoms with van der Waals surface area (Å²) in [5.74, 6) is -0.400. The Hall–Kier alpha value is -3.06. The first kappa shape index (κ1) is 20.7. The van der Waals surface area contributed by atoms with Crippen LogP contribution < -0.4 is 5.32 Å². The first-order chi connectivity index (χ1) is 13.7. The molecule has 0 aliphatic carbocycles. The van der Waals surface area contributed by atoms with Crippen LogP contribution in [0.15, 0.2) is 42.9 Å². The van der Waals surface area contributed by atoms with Gasteiger partial charge in [0.05, 0.1) is 18.4 Å². The van der Waals surface area contributed by atoms with Gasteiger partial charge in [-0.2, -0.15) is 0 Å². The zero-order valence-corrected chi connectivity index (χ0v) is 17.2. The molecule has 0 spiro atoms. The van der Waals surface area contributed by atoms with E-state index in [1.807, 2.05) is 20.8 Å². The van der Waals surface area contributed by atoms with Crippen LogP contribution >= 0.6 is 11.6 Å². The number of hydrogen-bond donors (Lipinski definition) is 1. The number of benzene rings is 1. The van der Waals surface area contributed by atoms with Crippen LogP contribution in [-0.4, -0.2) is 28.0 Å². The standard InChI is InChI=1S/C21H20ClFN4O2/c1-21(2,3)15-11-25-18(13-9-12(22)5-6-16(13)23)27-19(15)26-17-7-8-24-10-14(17)20(28)29-4/h5-11H,1-4H3,(H,24,25,26,27). The van der Waals surface area contributed by atoms with E-state index in [2.05, 4.69) is 20.3 Å². The third-order valence-corrected chi connectivity index (χ3v) is 4.48. The summed E-state index contributed by atoms with van der Waals surface area (Å²) in [6.45, 7) is 6.01. The van der Waals surface area contributed by atoms with Crippen molar-refractivity contribution in [3.05, 3.63) is 64.8 Å². The highest BCUT2D eigenvalue weighted by molar-refractivity contribution is 6.30. The average molecular weight is 415 g/mol. The number of hydrogen-bond acceptors (Lipinski definition) is 6. The summed E-state index contributed by atoms with van der Waals surface area (Å²) in [6.07, 6.45) is 4.60. The molecule has 0 amide bonds. The topological polar surface area (TPSA) is 77.0 Å². The fraction of sp³-hybridized carbons (Fsp3) is 0.238. The van der Waals surface area contributed by atoms with Gasteiger partial charge in [0.15, 0.2) is 5.82 Å². The molecular formula is C21H20ClFN4O2. The van der Waals surface area contributed by atoms with Gasteiger partial charge in [0, 0.05) is 29.2 Å². The van der Waals surface area contributed by atoms with E-state index >= 15 is 0 Å². The Morgan fingerprint density at radius 3 is 2.66 bits per heavy atom. The molecule has 8 heteroatoms. The van der Waals surface area contributed by atoms with Gasteiger partial charge in [-0.05, 0) is 29.7 Å². The average Bonchev–Trinajstić information content (AvgIpc) is 2.68. The molecule has 3 rings (SSSR count). The number of carbonyl (C=O) groups excluding carboxylic acids is 1. The van der Waals surface area contributed by atoms with Crippen LogP contribution in [0.3, 0.4) is 0 Å². The van der Waals surface area contributed by atoms with Crippen LogP contribution in [0.4, 0.5) is 15.9 Å². The number of methoxy groups -OCH3 is 1. The fourth-order valence-electron chi connectivity index (χ4n) is 2.73. The van der Waals surface area contributed by atoms with Gasteiger partial charge in [-0.3, -0.25) is 4.98 Å². The highest BCUT2D eigenvalue weighted by atomic mass is 35.5. The van der Waals surface area contributed by atoms with Crippen molar-refractivity contribution in [3.8, 4) is 11.4 Å². The third kappa shape index (κ3) is 4.51. The number of aromatic nitrogens is 3. The zero-order chi connectivity index (χ0) is 21.2. The van der Waals surface area contributed by atoms with E-state index in [-0.39, 0.29) is 22.4 Å². The number of anilines is 2. The maximum atomic E-state index is 14.3. The minimum absolute atomic E-state index is 0.175. The fourth-order valence-corrected chi connectivity index (χ4v) is 2.90. The molecule has 29 heavy (non-hydrogen) atoms. The number of ether oxygens (including phenoxy) is 1. The summed E-state index contributed by atoms with van der Waals surface area (Å²) in [5, 5.41) is 3.54. The van der Waals surface area contributed by atoms with Gasteiger partial charge in [0.25, 0.3) is 0 Å². The zero-order valence-electron chi connectivity index (χ0n) is 16.5. The molecule has 150 valence electrons. The van der Waals surface area contributed by atoms with Crippen molar-refractivity contribution in [2.75, 3.05) is 12.4 Å². The quantitative estimate of drug-likeness (QED) is 0.594. The Morgan fingerprint density at radius 2 is 1.97 bits per heavy atom. The summed E-state index contributed by atoms with van der Waals surface area (Å²) in [6, 6.07) is 5.84. The minimum atomic E-state index is -0.534. The summed E-state index contributed by atoms with van der Waals surface area (Å²) in [7, 11) is 1.30. The van der Waals surface area contributed by atoms with Gasteiger partial charge in [0.2, 0.25) is 0 Å². The van der Waals surface area contributed by atoms with Crippen LogP contribution in [0.1, 0.15) is 36.7 Å². The summed E-state index contributed by atoms with van der Waals surface area (Å²) in [4.78, 5) is 24.9. The molecule has 3 aromatic rings. The molecule has 0 radical (unpaired) electrons. The van der Waals surface area contributed by atoms with Gasteiger partial charge >= 0.3 is 5.97 Å². The molecule has 0 saturated carbocycles. The van der Waals surface area contributed by atoms with Gasteiger partial charge in [-0.15, -0.1) is 0 Å². The second-order valence-electron chi connectivity index (χ2n) is 7.37. The predicted molar refractivity (Wildman–Crippen MR) is 110 cm³/mol. The lowest BCUT2D eigenvalue weighted by Gasteiger charge is -2.23. The van der Waals surface area contributed by atoms with E-state index < -0.39 is 11.8 Å². The van der Waals surface area contributed by atoms with Crippen molar-refractivity contribution in [3.63, 3.8) is 0 Å². The number of carbonyl (C=O) groups is 1. The molecule has 2 heterocycles. The molecule has 0 aliphatic heterocycles. The SMILES string of the molecule is COC(=O)c1cnccc1Nc1nc(-c2cc(Cl)ccc2F)ncc1C(C)(C)C. The van der Waals surface area contributed by atoms with Crippen LogP contribution in [0.2, 0.25) is 5.02 Å². The Morgan fingerprint density at radius 1 is 1.21 bits per heavy atom. The predicted octanol–water partition coefficient (Wildman–Crippen LogP) is 5.16. The third-order valence-electron chi connectivity index (χ3n) is 4.25. The van der Waals surface area contributed by atoms with Crippen LogP contribution in [0.25, 0.3) is 11.4 Å². The molecule has 0 unspecified atom stereocenters. The smallest absolute Gasteiger partial charge is 0.341 e. The molecule has 0 saturated heterocycles. The van der Waals surface area contributed by atoms with E-state index in [1.165, 1.54) is 31.5 Å². The van der Waals surface area contributed by atoms with Crippen molar-refractivity contribution in [2.24, 2.45) is 0 Å². The Balaban J connectivity index is 2.14. The first-order valence-corrected chi connectivity index (χ1v) is 9.21. The number of nitrogens with zero attached hydrogens (tertiary/aromatic N) is 3. The second-order valence-corrected chi connectivity index (χ2v) is 7.80. The number of nitrogens with one attached hydrogen (secondary N) is 1. The van der Waals surface area contributed by atoms with Crippen LogP contribution in [-0.2, 0) is 10.2 Å². The number of esters is 1. The summed E-state index contributed by atoms with van der Waals surface area (Å²) >= 11 is 6.02. The summed E-state index contributed by atoms with van der Waals surface area (Å²) < 4.78 is 19.2. The van der Waals surface area contributed by atoms with E-state index in [4.69, 9.17) is 16.3 Å². The van der Waals surface area contributed by atoms with Crippen molar-refractivity contribution >= 4 is 29.1 Å². The van der Waals surface area contributed by atoms with E-state index in [0.29, 0.717) is 16.5 Å². The molecule has 0 fully saturated rings. The maximum absolute atomic E-state index is 14.3. The Kier molecular flexibility index (Phi) is 5.79. The number of halogens is 2.